The lowest BCUT2D eigenvalue weighted by molar-refractivity contribution is 1.19. The zero-order valence-corrected chi connectivity index (χ0v) is 41.2. The second-order valence-electron chi connectivity index (χ2n) is 18.9. The van der Waals surface area contributed by atoms with Gasteiger partial charge in [-0.3, -0.25) is 0 Å². The molecular weight excluding hydrogens is 915 g/mol. The van der Waals surface area contributed by atoms with Gasteiger partial charge >= 0.3 is 0 Å². The summed E-state index contributed by atoms with van der Waals surface area (Å²) >= 11 is 1.86. The summed E-state index contributed by atoms with van der Waals surface area (Å²) in [6.07, 6.45) is 0. The summed E-state index contributed by atoms with van der Waals surface area (Å²) in [5.74, 6) is 0. The number of fused-ring (bicyclic) bond motifs is 7. The molecular formula is C70H47N3S. The minimum absolute atomic E-state index is 1.06. The van der Waals surface area contributed by atoms with E-state index in [1.807, 2.05) is 11.3 Å². The van der Waals surface area contributed by atoms with Crippen molar-refractivity contribution in [3.05, 3.63) is 285 Å². The van der Waals surface area contributed by atoms with Crippen LogP contribution in [0.1, 0.15) is 0 Å². The van der Waals surface area contributed by atoms with Crippen LogP contribution in [-0.4, -0.2) is 4.57 Å². The SMILES string of the molecule is c1ccc(-c2ccc(N(c3ccc(-c4cccc5ccccc45)cc3)c3cccc(N(c4ccccc4)c4ccc(-c5ccc6c7ccccc7n(-c7ccc8c(c7)sc7ccccc78)c6c5)cc4)c3)cc2)cc1. The molecule has 0 saturated carbocycles. The van der Waals surface area contributed by atoms with Crippen molar-refractivity contribution in [3.63, 3.8) is 0 Å². The van der Waals surface area contributed by atoms with E-state index in [9.17, 15) is 0 Å². The van der Waals surface area contributed by atoms with Gasteiger partial charge in [-0.2, -0.15) is 0 Å². The van der Waals surface area contributed by atoms with Crippen molar-refractivity contribution in [3.8, 4) is 39.1 Å². The summed E-state index contributed by atoms with van der Waals surface area (Å²) < 4.78 is 5.06. The third-order valence-electron chi connectivity index (χ3n) is 14.6. The molecule has 14 rings (SSSR count). The van der Waals surface area contributed by atoms with Gasteiger partial charge in [0.15, 0.2) is 0 Å². The van der Waals surface area contributed by atoms with Crippen molar-refractivity contribution in [1.29, 1.82) is 0 Å². The Morgan fingerprint density at radius 2 is 0.730 bits per heavy atom. The quantitative estimate of drug-likeness (QED) is 0.135. The highest BCUT2D eigenvalue weighted by Crippen LogP contribution is 2.44. The van der Waals surface area contributed by atoms with Crippen LogP contribution in [0.15, 0.2) is 285 Å². The fourth-order valence-corrected chi connectivity index (χ4v) is 12.2. The van der Waals surface area contributed by atoms with Crippen molar-refractivity contribution in [2.24, 2.45) is 0 Å². The number of nitrogens with zero attached hydrogens (tertiary/aromatic N) is 3. The second-order valence-corrected chi connectivity index (χ2v) is 20.0. The van der Waals surface area contributed by atoms with Gasteiger partial charge < -0.3 is 14.4 Å². The predicted octanol–water partition coefficient (Wildman–Crippen LogP) is 20.2. The number of para-hydroxylation sites is 2. The number of rotatable bonds is 10. The monoisotopic (exact) mass is 961 g/mol. The highest BCUT2D eigenvalue weighted by atomic mass is 32.1. The smallest absolute Gasteiger partial charge is 0.0547 e. The van der Waals surface area contributed by atoms with Gasteiger partial charge in [0.25, 0.3) is 0 Å². The first-order chi connectivity index (χ1) is 36.7. The van der Waals surface area contributed by atoms with Gasteiger partial charge in [-0.05, 0) is 141 Å². The van der Waals surface area contributed by atoms with Crippen molar-refractivity contribution in [2.75, 3.05) is 9.80 Å². The number of thiophene rings is 1. The molecule has 0 aliphatic heterocycles. The Labute approximate surface area is 434 Å². The molecule has 0 aliphatic carbocycles. The molecule has 2 aromatic heterocycles. The Morgan fingerprint density at radius 3 is 1.45 bits per heavy atom. The number of benzene rings is 12. The van der Waals surface area contributed by atoms with Crippen LogP contribution in [0.3, 0.4) is 0 Å². The van der Waals surface area contributed by atoms with Gasteiger partial charge in [-0.1, -0.05) is 188 Å². The largest absolute Gasteiger partial charge is 0.310 e. The van der Waals surface area contributed by atoms with Gasteiger partial charge in [0.2, 0.25) is 0 Å². The first-order valence-corrected chi connectivity index (χ1v) is 26.0. The molecule has 2 heterocycles. The molecule has 74 heavy (non-hydrogen) atoms. The molecule has 12 aromatic carbocycles. The van der Waals surface area contributed by atoms with E-state index in [0.717, 1.165) is 39.7 Å². The Hall–Kier alpha value is -9.48. The Bertz CT molecular complexity index is 4340. The molecule has 3 nitrogen and oxygen atoms in total. The van der Waals surface area contributed by atoms with E-state index in [1.54, 1.807) is 0 Å². The molecule has 0 bridgehead atoms. The van der Waals surface area contributed by atoms with Crippen LogP contribution in [-0.2, 0) is 0 Å². The molecule has 0 amide bonds. The highest BCUT2D eigenvalue weighted by molar-refractivity contribution is 7.25. The van der Waals surface area contributed by atoms with Crippen molar-refractivity contribution < 1.29 is 0 Å². The van der Waals surface area contributed by atoms with Crippen LogP contribution in [0.4, 0.5) is 34.1 Å². The molecule has 0 fully saturated rings. The van der Waals surface area contributed by atoms with Crippen molar-refractivity contribution >= 4 is 98.2 Å². The summed E-state index contributed by atoms with van der Waals surface area (Å²) in [4.78, 5) is 4.73. The van der Waals surface area contributed by atoms with Crippen LogP contribution in [0.2, 0.25) is 0 Å². The molecule has 0 N–H and O–H groups in total. The fraction of sp³-hybridized carbons (Fsp3) is 0. The van der Waals surface area contributed by atoms with E-state index in [2.05, 4.69) is 299 Å². The van der Waals surface area contributed by atoms with Gasteiger partial charge in [-0.15, -0.1) is 11.3 Å². The Balaban J connectivity index is 0.843. The van der Waals surface area contributed by atoms with Gasteiger partial charge in [0.1, 0.15) is 0 Å². The van der Waals surface area contributed by atoms with E-state index in [-0.39, 0.29) is 0 Å². The van der Waals surface area contributed by atoms with Crippen molar-refractivity contribution in [2.45, 2.75) is 0 Å². The number of hydrogen-bond acceptors (Lipinski definition) is 3. The van der Waals surface area contributed by atoms with Crippen LogP contribution < -0.4 is 9.80 Å². The molecule has 0 aliphatic rings. The summed E-state index contributed by atoms with van der Waals surface area (Å²) in [6, 6.07) is 104. The zero-order valence-electron chi connectivity index (χ0n) is 40.4. The van der Waals surface area contributed by atoms with Crippen LogP contribution >= 0.6 is 11.3 Å². The molecule has 0 radical (unpaired) electrons. The maximum absolute atomic E-state index is 2.44. The zero-order chi connectivity index (χ0) is 49.0. The standard InChI is InChI=1S/C70H47N3S/c1-3-15-48(16-4-1)49-29-36-56(37-30-49)72(57-40-33-52(34-41-57)62-26-13-18-51-17-7-8-23-61(51)62)59-22-14-21-58(46-59)71(54-19-5-2-6-20-54)55-38-31-50(32-39-55)53-35-43-64-63-24-9-11-27-67(63)73(68(64)45-53)60-42-44-66-65-25-10-12-28-69(65)74-70(66)47-60/h1-47H. The van der Waals surface area contributed by atoms with E-state index in [1.165, 1.54) is 86.3 Å². The molecule has 0 spiro atoms. The minimum Gasteiger partial charge on any atom is -0.310 e. The highest BCUT2D eigenvalue weighted by Gasteiger charge is 2.20. The molecule has 4 heteroatoms. The number of aromatic nitrogens is 1. The summed E-state index contributed by atoms with van der Waals surface area (Å²) in [5, 5.41) is 7.61. The lowest BCUT2D eigenvalue weighted by atomic mass is 9.98. The average Bonchev–Trinajstić information content (AvgIpc) is 4.01. The maximum atomic E-state index is 2.44. The Morgan fingerprint density at radius 1 is 0.257 bits per heavy atom. The third-order valence-corrected chi connectivity index (χ3v) is 15.7. The maximum Gasteiger partial charge on any atom is 0.0547 e. The molecule has 0 saturated heterocycles. The summed E-state index contributed by atoms with van der Waals surface area (Å²) in [5.41, 5.74) is 17.1. The average molecular weight is 962 g/mol. The second kappa shape index (κ2) is 18.3. The summed E-state index contributed by atoms with van der Waals surface area (Å²) in [6.45, 7) is 0. The minimum atomic E-state index is 1.06. The van der Waals surface area contributed by atoms with E-state index >= 15 is 0 Å². The lowest BCUT2D eigenvalue weighted by Gasteiger charge is -2.29. The molecule has 14 aromatic rings. The molecule has 348 valence electrons. The number of hydrogen-bond donors (Lipinski definition) is 0. The summed E-state index contributed by atoms with van der Waals surface area (Å²) in [7, 11) is 0. The van der Waals surface area contributed by atoms with E-state index < -0.39 is 0 Å². The van der Waals surface area contributed by atoms with Gasteiger partial charge in [0, 0.05) is 70.8 Å². The van der Waals surface area contributed by atoms with Gasteiger partial charge in [0.05, 0.1) is 11.0 Å². The van der Waals surface area contributed by atoms with Gasteiger partial charge in [-0.25, -0.2) is 0 Å². The predicted molar refractivity (Wildman–Crippen MR) is 317 cm³/mol. The lowest BCUT2D eigenvalue weighted by Crippen LogP contribution is -2.13. The normalized spacial score (nSPS) is 11.5. The third kappa shape index (κ3) is 7.68. The van der Waals surface area contributed by atoms with Crippen LogP contribution in [0.25, 0.3) is 91.8 Å². The number of anilines is 6. The van der Waals surface area contributed by atoms with Crippen LogP contribution in [0.5, 0.6) is 0 Å². The first kappa shape index (κ1) is 43.3. The molecule has 0 unspecified atom stereocenters. The van der Waals surface area contributed by atoms with E-state index in [0.29, 0.717) is 0 Å². The fourth-order valence-electron chi connectivity index (χ4n) is 11.0. The molecule has 0 atom stereocenters. The van der Waals surface area contributed by atoms with E-state index in [4.69, 9.17) is 0 Å². The Kier molecular flexibility index (Phi) is 10.7. The van der Waals surface area contributed by atoms with Crippen LogP contribution in [0, 0.1) is 0 Å². The first-order valence-electron chi connectivity index (χ1n) is 25.2. The topological polar surface area (TPSA) is 11.4 Å². The van der Waals surface area contributed by atoms with Crippen molar-refractivity contribution in [1.82, 2.24) is 4.57 Å².